The fourth-order valence-electron chi connectivity index (χ4n) is 2.34. The number of nitrogens with zero attached hydrogens (tertiary/aromatic N) is 1. The van der Waals surface area contributed by atoms with Crippen molar-refractivity contribution in [3.8, 4) is 0 Å². The molecule has 0 radical (unpaired) electrons. The Morgan fingerprint density at radius 1 is 1.00 bits per heavy atom. The van der Waals surface area contributed by atoms with Crippen LogP contribution in [0.1, 0.15) is 44.5 Å². The van der Waals surface area contributed by atoms with Crippen LogP contribution in [0.15, 0.2) is 54.7 Å². The summed E-state index contributed by atoms with van der Waals surface area (Å²) < 4.78 is 0. The molecule has 0 aliphatic rings. The number of rotatable bonds is 5. The quantitative estimate of drug-likeness (QED) is 0.872. The lowest BCUT2D eigenvalue weighted by Crippen LogP contribution is -2.25. The van der Waals surface area contributed by atoms with E-state index in [4.69, 9.17) is 0 Å². The van der Waals surface area contributed by atoms with E-state index in [2.05, 4.69) is 67.5 Å². The first-order valence-corrected chi connectivity index (χ1v) is 7.23. The predicted molar refractivity (Wildman–Crippen MR) is 84.3 cm³/mol. The molecular formula is C18H24N2. The lowest BCUT2D eigenvalue weighted by atomic mass is 9.85. The van der Waals surface area contributed by atoms with E-state index in [9.17, 15) is 0 Å². The molecule has 0 amide bonds. The zero-order chi connectivity index (χ0) is 14.4. The van der Waals surface area contributed by atoms with Gasteiger partial charge in [-0.2, -0.15) is 0 Å². The topological polar surface area (TPSA) is 24.9 Å². The molecule has 1 aromatic carbocycles. The van der Waals surface area contributed by atoms with Crippen molar-refractivity contribution in [3.63, 3.8) is 0 Å². The molecule has 106 valence electrons. The van der Waals surface area contributed by atoms with Crippen LogP contribution in [0.5, 0.6) is 0 Å². The third-order valence-corrected chi connectivity index (χ3v) is 3.27. The summed E-state index contributed by atoms with van der Waals surface area (Å²) in [6.45, 7) is 7.65. The Hall–Kier alpha value is -1.67. The summed E-state index contributed by atoms with van der Waals surface area (Å²) in [4.78, 5) is 4.38. The lowest BCUT2D eigenvalue weighted by molar-refractivity contribution is 0.309. The van der Waals surface area contributed by atoms with Gasteiger partial charge in [0.25, 0.3) is 0 Å². The third kappa shape index (κ3) is 4.78. The van der Waals surface area contributed by atoms with Crippen molar-refractivity contribution < 1.29 is 0 Å². The van der Waals surface area contributed by atoms with Gasteiger partial charge in [-0.15, -0.1) is 0 Å². The number of hydrogen-bond donors (Lipinski definition) is 1. The monoisotopic (exact) mass is 268 g/mol. The van der Waals surface area contributed by atoms with Crippen molar-refractivity contribution in [2.24, 2.45) is 5.41 Å². The van der Waals surface area contributed by atoms with E-state index in [1.54, 1.807) is 0 Å². The van der Waals surface area contributed by atoms with Crippen molar-refractivity contribution >= 4 is 0 Å². The van der Waals surface area contributed by atoms with E-state index in [1.807, 2.05) is 18.3 Å². The highest BCUT2D eigenvalue weighted by molar-refractivity contribution is 5.19. The van der Waals surface area contributed by atoms with Crippen LogP contribution in [0.25, 0.3) is 0 Å². The van der Waals surface area contributed by atoms with Gasteiger partial charge in [0.1, 0.15) is 0 Å². The molecule has 1 heterocycles. The van der Waals surface area contributed by atoms with Gasteiger partial charge in [-0.05, 0) is 29.5 Å². The molecule has 0 bridgehead atoms. The van der Waals surface area contributed by atoms with Crippen molar-refractivity contribution in [1.82, 2.24) is 10.3 Å². The molecule has 2 heteroatoms. The number of aromatic nitrogens is 1. The summed E-state index contributed by atoms with van der Waals surface area (Å²) >= 11 is 0. The van der Waals surface area contributed by atoms with Crippen molar-refractivity contribution in [2.75, 3.05) is 0 Å². The average Bonchev–Trinajstić information content (AvgIpc) is 2.44. The molecule has 0 aliphatic carbocycles. The molecule has 0 aliphatic heterocycles. The first-order valence-electron chi connectivity index (χ1n) is 7.23. The Balaban J connectivity index is 2.07. The Labute approximate surface area is 122 Å². The highest BCUT2D eigenvalue weighted by atomic mass is 14.9. The smallest absolute Gasteiger partial charge is 0.0541 e. The molecule has 1 unspecified atom stereocenters. The summed E-state index contributed by atoms with van der Waals surface area (Å²) in [5.41, 5.74) is 2.72. The summed E-state index contributed by atoms with van der Waals surface area (Å²) in [7, 11) is 0. The molecule has 0 spiro atoms. The highest BCUT2D eigenvalue weighted by Gasteiger charge is 2.19. The molecule has 1 N–H and O–H groups in total. The zero-order valence-corrected chi connectivity index (χ0v) is 12.6. The van der Waals surface area contributed by atoms with Crippen LogP contribution in [0.3, 0.4) is 0 Å². The van der Waals surface area contributed by atoms with Gasteiger partial charge >= 0.3 is 0 Å². The molecule has 0 saturated carbocycles. The van der Waals surface area contributed by atoms with Gasteiger partial charge in [0.15, 0.2) is 0 Å². The van der Waals surface area contributed by atoms with Crippen molar-refractivity contribution in [1.29, 1.82) is 0 Å². The van der Waals surface area contributed by atoms with Crippen LogP contribution >= 0.6 is 0 Å². The largest absolute Gasteiger partial charge is 0.304 e. The maximum atomic E-state index is 4.38. The Bertz CT molecular complexity index is 500. The van der Waals surface area contributed by atoms with Crippen LogP contribution in [-0.4, -0.2) is 4.98 Å². The zero-order valence-electron chi connectivity index (χ0n) is 12.6. The first-order chi connectivity index (χ1) is 9.54. The summed E-state index contributed by atoms with van der Waals surface area (Å²) in [6.07, 6.45) is 2.95. The van der Waals surface area contributed by atoms with Crippen LogP contribution in [0.4, 0.5) is 0 Å². The molecule has 2 aromatic rings. The van der Waals surface area contributed by atoms with Crippen LogP contribution in [0.2, 0.25) is 0 Å². The Morgan fingerprint density at radius 2 is 1.70 bits per heavy atom. The number of pyridine rings is 1. The van der Waals surface area contributed by atoms with Gasteiger partial charge in [0.2, 0.25) is 0 Å². The van der Waals surface area contributed by atoms with Gasteiger partial charge in [-0.25, -0.2) is 0 Å². The first kappa shape index (κ1) is 14.7. The second-order valence-electron chi connectivity index (χ2n) is 6.43. The van der Waals surface area contributed by atoms with Gasteiger partial charge in [0, 0.05) is 18.8 Å². The number of hydrogen-bond acceptors (Lipinski definition) is 2. The second-order valence-corrected chi connectivity index (χ2v) is 6.43. The fourth-order valence-corrected chi connectivity index (χ4v) is 2.34. The SMILES string of the molecule is CC(C)(C)CC(NCc1ccccn1)c1ccccc1. The molecule has 0 fully saturated rings. The molecule has 20 heavy (non-hydrogen) atoms. The third-order valence-electron chi connectivity index (χ3n) is 3.27. The van der Waals surface area contributed by atoms with Crippen LogP contribution in [-0.2, 0) is 6.54 Å². The molecule has 1 atom stereocenters. The maximum absolute atomic E-state index is 4.38. The van der Waals surface area contributed by atoms with E-state index < -0.39 is 0 Å². The van der Waals surface area contributed by atoms with Gasteiger partial charge in [0.05, 0.1) is 5.69 Å². The van der Waals surface area contributed by atoms with E-state index in [0.717, 1.165) is 18.7 Å². The highest BCUT2D eigenvalue weighted by Crippen LogP contribution is 2.29. The van der Waals surface area contributed by atoms with E-state index in [1.165, 1.54) is 5.56 Å². The van der Waals surface area contributed by atoms with E-state index in [0.29, 0.717) is 6.04 Å². The molecule has 1 aromatic heterocycles. The second kappa shape index (κ2) is 6.67. The maximum Gasteiger partial charge on any atom is 0.0541 e. The summed E-state index contributed by atoms with van der Waals surface area (Å²) in [5, 5.41) is 3.65. The lowest BCUT2D eigenvalue weighted by Gasteiger charge is -2.27. The molecule has 0 saturated heterocycles. The predicted octanol–water partition coefficient (Wildman–Crippen LogP) is 4.35. The van der Waals surface area contributed by atoms with Crippen molar-refractivity contribution in [3.05, 3.63) is 66.0 Å². The van der Waals surface area contributed by atoms with Gasteiger partial charge in [-0.3, -0.25) is 4.98 Å². The Kier molecular flexibility index (Phi) is 4.91. The Morgan fingerprint density at radius 3 is 2.30 bits per heavy atom. The van der Waals surface area contributed by atoms with Gasteiger partial charge in [-0.1, -0.05) is 57.2 Å². The van der Waals surface area contributed by atoms with E-state index >= 15 is 0 Å². The fraction of sp³-hybridized carbons (Fsp3) is 0.389. The summed E-state index contributed by atoms with van der Waals surface area (Å²) in [6, 6.07) is 17.1. The van der Waals surface area contributed by atoms with E-state index in [-0.39, 0.29) is 5.41 Å². The van der Waals surface area contributed by atoms with Gasteiger partial charge < -0.3 is 5.32 Å². The van der Waals surface area contributed by atoms with Crippen molar-refractivity contribution in [2.45, 2.75) is 39.8 Å². The average molecular weight is 268 g/mol. The molecular weight excluding hydrogens is 244 g/mol. The van der Waals surface area contributed by atoms with Crippen LogP contribution in [0, 0.1) is 5.41 Å². The van der Waals surface area contributed by atoms with Crippen LogP contribution < -0.4 is 5.32 Å². The minimum absolute atomic E-state index is 0.289. The molecule has 2 rings (SSSR count). The number of benzene rings is 1. The minimum atomic E-state index is 0.289. The summed E-state index contributed by atoms with van der Waals surface area (Å²) in [5.74, 6) is 0. The molecule has 2 nitrogen and oxygen atoms in total. The standard InChI is InChI=1S/C18H24N2/c1-18(2,3)13-17(15-9-5-4-6-10-15)20-14-16-11-7-8-12-19-16/h4-12,17,20H,13-14H2,1-3H3. The number of nitrogens with one attached hydrogen (secondary N) is 1. The normalized spacial score (nSPS) is 13.2. The minimum Gasteiger partial charge on any atom is -0.304 e.